The molecule has 0 spiro atoms. The van der Waals surface area contributed by atoms with Crippen LogP contribution in [0.1, 0.15) is 26.3 Å². The Morgan fingerprint density at radius 3 is 2.50 bits per heavy atom. The normalized spacial score (nSPS) is 10.2. The fourth-order valence-electron chi connectivity index (χ4n) is 1.52. The molecule has 0 heterocycles. The van der Waals surface area contributed by atoms with Gasteiger partial charge in [0.05, 0.1) is 6.42 Å². The van der Waals surface area contributed by atoms with Crippen LogP contribution in [0.5, 0.6) is 5.75 Å². The highest BCUT2D eigenvalue weighted by Crippen LogP contribution is 2.18. The summed E-state index contributed by atoms with van der Waals surface area (Å²) in [6, 6.07) is 7.11. The highest BCUT2D eigenvalue weighted by molar-refractivity contribution is 5.77. The maximum atomic E-state index is 11.0. The summed E-state index contributed by atoms with van der Waals surface area (Å²) in [5.74, 6) is 6.02. The average Bonchev–Trinajstić information content (AvgIpc) is 2.31. The van der Waals surface area contributed by atoms with Crippen LogP contribution in [0.2, 0.25) is 0 Å². The zero-order valence-corrected chi connectivity index (χ0v) is 10.8. The van der Waals surface area contributed by atoms with E-state index in [0.29, 0.717) is 5.75 Å². The molecule has 4 nitrogen and oxygen atoms in total. The van der Waals surface area contributed by atoms with Crippen LogP contribution in [0.15, 0.2) is 24.3 Å². The smallest absolute Gasteiger partial charge is 0.247 e. The molecule has 0 atom stereocenters. The molecule has 0 aliphatic carbocycles. The van der Waals surface area contributed by atoms with Crippen molar-refractivity contribution in [2.24, 2.45) is 0 Å². The topological polar surface area (TPSA) is 58.6 Å². The number of amides is 1. The van der Waals surface area contributed by atoms with Crippen molar-refractivity contribution in [3.63, 3.8) is 0 Å². The van der Waals surface area contributed by atoms with Gasteiger partial charge in [-0.3, -0.25) is 10.0 Å². The van der Waals surface area contributed by atoms with Gasteiger partial charge in [-0.25, -0.2) is 5.48 Å². The molecule has 0 bridgehead atoms. The monoisotopic (exact) mass is 247 g/mol. The fraction of sp³-hybridized carbons (Fsp3) is 0.357. The van der Waals surface area contributed by atoms with Crippen LogP contribution in [0, 0.1) is 11.8 Å². The van der Waals surface area contributed by atoms with E-state index in [1.807, 2.05) is 13.8 Å². The van der Waals surface area contributed by atoms with E-state index in [9.17, 15) is 4.79 Å². The quantitative estimate of drug-likeness (QED) is 0.485. The molecule has 0 aliphatic rings. The van der Waals surface area contributed by atoms with Gasteiger partial charge >= 0.3 is 0 Å². The van der Waals surface area contributed by atoms with Crippen molar-refractivity contribution in [1.82, 2.24) is 5.48 Å². The minimum atomic E-state index is -0.543. The Hall–Kier alpha value is -1.99. The first-order chi connectivity index (χ1) is 8.46. The summed E-state index contributed by atoms with van der Waals surface area (Å²) in [6.07, 6.45) is 0.134. The molecule has 0 unspecified atom stereocenters. The molecule has 2 N–H and O–H groups in total. The lowest BCUT2D eigenvalue weighted by atomic mass is 10.1. The Morgan fingerprint density at radius 1 is 1.39 bits per heavy atom. The van der Waals surface area contributed by atoms with Gasteiger partial charge in [-0.15, -0.1) is 5.92 Å². The fourth-order valence-corrected chi connectivity index (χ4v) is 1.52. The second-order valence-corrected chi connectivity index (χ2v) is 4.34. The highest BCUT2D eigenvalue weighted by atomic mass is 16.5. The number of hydrogen-bond acceptors (Lipinski definition) is 3. The third-order valence-corrected chi connectivity index (χ3v) is 2.21. The van der Waals surface area contributed by atoms with E-state index in [1.54, 1.807) is 36.7 Å². The maximum absolute atomic E-state index is 11.0. The minimum Gasteiger partial charge on any atom is -0.475 e. The summed E-state index contributed by atoms with van der Waals surface area (Å²) in [7, 11) is 0. The van der Waals surface area contributed by atoms with Gasteiger partial charge in [-0.2, -0.15) is 0 Å². The lowest BCUT2D eigenvalue weighted by Crippen LogP contribution is -2.25. The zero-order valence-electron chi connectivity index (χ0n) is 10.8. The van der Waals surface area contributed by atoms with E-state index in [0.717, 1.165) is 5.56 Å². The van der Waals surface area contributed by atoms with E-state index in [4.69, 9.17) is 9.94 Å². The van der Waals surface area contributed by atoms with E-state index < -0.39 is 11.5 Å². The number of hydroxylamine groups is 1. The van der Waals surface area contributed by atoms with E-state index >= 15 is 0 Å². The average molecular weight is 247 g/mol. The molecule has 18 heavy (non-hydrogen) atoms. The number of carbonyl (C=O) groups excluding carboxylic acids is 1. The van der Waals surface area contributed by atoms with Gasteiger partial charge in [-0.1, -0.05) is 18.1 Å². The minimum absolute atomic E-state index is 0.134. The number of benzene rings is 1. The van der Waals surface area contributed by atoms with Crippen molar-refractivity contribution in [1.29, 1.82) is 0 Å². The SMILES string of the molecule is CC#CC(C)(C)Oc1ccc(CC(=O)NO)cc1. The van der Waals surface area contributed by atoms with E-state index in [2.05, 4.69) is 11.8 Å². The van der Waals surface area contributed by atoms with Gasteiger partial charge in [0.25, 0.3) is 0 Å². The third-order valence-electron chi connectivity index (χ3n) is 2.21. The first-order valence-corrected chi connectivity index (χ1v) is 5.61. The molecular weight excluding hydrogens is 230 g/mol. The van der Waals surface area contributed by atoms with Crippen LogP contribution in [-0.4, -0.2) is 16.7 Å². The summed E-state index contributed by atoms with van der Waals surface area (Å²) in [5.41, 5.74) is 1.85. The first kappa shape index (κ1) is 14.1. The van der Waals surface area contributed by atoms with Crippen LogP contribution in [0.4, 0.5) is 0 Å². The van der Waals surface area contributed by atoms with Crippen molar-refractivity contribution in [3.8, 4) is 17.6 Å². The van der Waals surface area contributed by atoms with E-state index in [1.165, 1.54) is 0 Å². The molecule has 0 aliphatic heterocycles. The maximum Gasteiger partial charge on any atom is 0.247 e. The molecule has 96 valence electrons. The van der Waals surface area contributed by atoms with Gasteiger partial charge < -0.3 is 4.74 Å². The van der Waals surface area contributed by atoms with Gasteiger partial charge in [0.2, 0.25) is 5.91 Å². The van der Waals surface area contributed by atoms with Crippen LogP contribution in [0.25, 0.3) is 0 Å². The van der Waals surface area contributed by atoms with Gasteiger partial charge in [0, 0.05) is 0 Å². The largest absolute Gasteiger partial charge is 0.475 e. The molecule has 1 rings (SSSR count). The molecule has 0 fully saturated rings. The predicted octanol–water partition coefficient (Wildman–Crippen LogP) is 1.92. The van der Waals surface area contributed by atoms with E-state index in [-0.39, 0.29) is 6.42 Å². The van der Waals surface area contributed by atoms with Gasteiger partial charge in [0.1, 0.15) is 5.75 Å². The molecule has 0 radical (unpaired) electrons. The molecule has 0 saturated heterocycles. The third kappa shape index (κ3) is 4.48. The molecule has 1 aromatic carbocycles. The van der Waals surface area contributed by atoms with Crippen molar-refractivity contribution in [3.05, 3.63) is 29.8 Å². The van der Waals surface area contributed by atoms with Crippen LogP contribution in [-0.2, 0) is 11.2 Å². The second kappa shape index (κ2) is 6.08. The number of ether oxygens (including phenoxy) is 1. The Morgan fingerprint density at radius 2 is 2.00 bits per heavy atom. The number of nitrogens with one attached hydrogen (secondary N) is 1. The molecule has 1 aromatic rings. The van der Waals surface area contributed by atoms with Crippen LogP contribution in [0.3, 0.4) is 0 Å². The molecule has 0 saturated carbocycles. The molecule has 0 aromatic heterocycles. The number of carbonyl (C=O) groups is 1. The molecule has 4 heteroatoms. The number of rotatable bonds is 4. The lowest BCUT2D eigenvalue weighted by molar-refractivity contribution is -0.128. The van der Waals surface area contributed by atoms with Crippen molar-refractivity contribution >= 4 is 5.91 Å². The number of hydrogen-bond donors (Lipinski definition) is 2. The summed E-state index contributed by atoms with van der Waals surface area (Å²) in [4.78, 5) is 11.0. The van der Waals surface area contributed by atoms with Crippen LogP contribution < -0.4 is 10.2 Å². The molecular formula is C14H17NO3. The zero-order chi connectivity index (χ0) is 13.6. The molecule has 1 amide bonds. The Balaban J connectivity index is 2.70. The first-order valence-electron chi connectivity index (χ1n) is 5.61. The van der Waals surface area contributed by atoms with Crippen molar-refractivity contribution in [2.45, 2.75) is 32.8 Å². The van der Waals surface area contributed by atoms with Gasteiger partial charge in [0.15, 0.2) is 5.60 Å². The summed E-state index contributed by atoms with van der Waals surface area (Å²) in [6.45, 7) is 5.54. The Bertz CT molecular complexity index is 466. The standard InChI is InChI=1S/C14H17NO3/c1-4-9-14(2,3)18-12-7-5-11(6-8-12)10-13(16)15-17/h5-8,17H,10H2,1-3H3,(H,15,16). The van der Waals surface area contributed by atoms with Crippen LogP contribution >= 0.6 is 0 Å². The highest BCUT2D eigenvalue weighted by Gasteiger charge is 2.15. The second-order valence-electron chi connectivity index (χ2n) is 4.34. The summed E-state index contributed by atoms with van der Waals surface area (Å²) < 4.78 is 5.70. The van der Waals surface area contributed by atoms with Crippen molar-refractivity contribution < 1.29 is 14.7 Å². The Kier molecular flexibility index (Phi) is 4.75. The van der Waals surface area contributed by atoms with Crippen molar-refractivity contribution in [2.75, 3.05) is 0 Å². The summed E-state index contributed by atoms with van der Waals surface area (Å²) in [5, 5.41) is 8.42. The Labute approximate surface area is 107 Å². The predicted molar refractivity (Wildman–Crippen MR) is 68.2 cm³/mol. The van der Waals surface area contributed by atoms with Gasteiger partial charge in [-0.05, 0) is 38.5 Å². The summed E-state index contributed by atoms with van der Waals surface area (Å²) >= 11 is 0. The lowest BCUT2D eigenvalue weighted by Gasteiger charge is -2.20.